The molecule has 7 aromatic rings. The zero-order valence-electron chi connectivity index (χ0n) is 25.3. The Balaban J connectivity index is 1.84. The van der Waals surface area contributed by atoms with E-state index >= 15 is 0 Å². The molecule has 0 unspecified atom stereocenters. The van der Waals surface area contributed by atoms with E-state index in [1.165, 1.54) is 5.56 Å². The van der Waals surface area contributed by atoms with Crippen LogP contribution in [0, 0.1) is 24.7 Å². The number of terminal acetylenes is 2. The first kappa shape index (κ1) is 28.4. The third kappa shape index (κ3) is 5.31. The van der Waals surface area contributed by atoms with Crippen molar-refractivity contribution in [2.75, 3.05) is 0 Å². The maximum Gasteiger partial charge on any atom is 0.0261 e. The number of hydrogen-bond acceptors (Lipinski definition) is 0. The summed E-state index contributed by atoms with van der Waals surface area (Å²) in [5, 5.41) is 0. The highest BCUT2D eigenvalue weighted by molar-refractivity contribution is 6.15. The molecule has 46 heavy (non-hydrogen) atoms. The zero-order valence-corrected chi connectivity index (χ0v) is 25.3. The molecule has 7 rings (SSSR count). The average molecular weight is 583 g/mol. The Hall–Kier alpha value is -6.34. The molecule has 0 radical (unpaired) electrons. The lowest BCUT2D eigenvalue weighted by Gasteiger charge is -2.29. The van der Waals surface area contributed by atoms with E-state index in [0.717, 1.165) is 72.3 Å². The van der Waals surface area contributed by atoms with Crippen molar-refractivity contribution >= 4 is 0 Å². The van der Waals surface area contributed by atoms with Crippen molar-refractivity contribution in [3.8, 4) is 91.4 Å². The van der Waals surface area contributed by atoms with Crippen molar-refractivity contribution < 1.29 is 0 Å². The highest BCUT2D eigenvalue weighted by Crippen LogP contribution is 2.55. The Morgan fingerprint density at radius 1 is 0.261 bits per heavy atom. The van der Waals surface area contributed by atoms with Gasteiger partial charge in [0.1, 0.15) is 0 Å². The van der Waals surface area contributed by atoms with Crippen molar-refractivity contribution in [2.45, 2.75) is 0 Å². The Morgan fingerprint density at radius 2 is 0.478 bits per heavy atom. The van der Waals surface area contributed by atoms with Crippen LogP contribution in [-0.4, -0.2) is 0 Å². The summed E-state index contributed by atoms with van der Waals surface area (Å²) >= 11 is 0. The van der Waals surface area contributed by atoms with Crippen molar-refractivity contribution in [1.82, 2.24) is 0 Å². The second-order valence-electron chi connectivity index (χ2n) is 11.2. The van der Waals surface area contributed by atoms with Gasteiger partial charge in [-0.05, 0) is 85.0 Å². The molecule has 0 heteroatoms. The van der Waals surface area contributed by atoms with Gasteiger partial charge in [0.05, 0.1) is 0 Å². The predicted molar refractivity (Wildman–Crippen MR) is 195 cm³/mol. The van der Waals surface area contributed by atoms with Gasteiger partial charge in [-0.15, -0.1) is 12.8 Å². The molecule has 7 aromatic carbocycles. The van der Waals surface area contributed by atoms with E-state index in [2.05, 4.69) is 176 Å². The van der Waals surface area contributed by atoms with Crippen LogP contribution in [0.5, 0.6) is 0 Å². The van der Waals surface area contributed by atoms with Crippen LogP contribution >= 0.6 is 0 Å². The molecule has 0 spiro atoms. The maximum atomic E-state index is 6.04. The average Bonchev–Trinajstić information content (AvgIpc) is 3.15. The fourth-order valence-electron chi connectivity index (χ4n) is 6.44. The molecular formula is C46H30. The lowest BCUT2D eigenvalue weighted by molar-refractivity contribution is 1.50. The molecule has 0 saturated carbocycles. The van der Waals surface area contributed by atoms with E-state index < -0.39 is 0 Å². The molecule has 0 aliphatic carbocycles. The van der Waals surface area contributed by atoms with Crippen LogP contribution in [0.1, 0.15) is 11.1 Å². The third-order valence-corrected chi connectivity index (χ3v) is 8.37. The topological polar surface area (TPSA) is 0 Å². The predicted octanol–water partition coefficient (Wildman–Crippen LogP) is 11.7. The molecule has 0 aliphatic rings. The molecule has 0 fully saturated rings. The number of hydrogen-bond donors (Lipinski definition) is 0. The van der Waals surface area contributed by atoms with Gasteiger partial charge >= 0.3 is 0 Å². The molecule has 0 bridgehead atoms. The molecule has 0 atom stereocenters. The van der Waals surface area contributed by atoms with Gasteiger partial charge in [-0.2, -0.15) is 0 Å². The van der Waals surface area contributed by atoms with Gasteiger partial charge in [0.15, 0.2) is 0 Å². The third-order valence-electron chi connectivity index (χ3n) is 8.37. The molecule has 0 aliphatic heterocycles. The monoisotopic (exact) mass is 582 g/mol. The number of benzene rings is 7. The molecule has 0 N–H and O–H groups in total. The number of rotatable bonds is 6. The fourth-order valence-corrected chi connectivity index (χ4v) is 6.44. The van der Waals surface area contributed by atoms with E-state index in [1.807, 2.05) is 6.07 Å². The lowest BCUT2D eigenvalue weighted by Crippen LogP contribution is -2.02. The van der Waals surface area contributed by atoms with Gasteiger partial charge in [-0.3, -0.25) is 0 Å². The summed E-state index contributed by atoms with van der Waals surface area (Å²) < 4.78 is 0. The van der Waals surface area contributed by atoms with Gasteiger partial charge in [-0.1, -0.05) is 164 Å². The maximum absolute atomic E-state index is 6.04. The van der Waals surface area contributed by atoms with Crippen molar-refractivity contribution in [2.24, 2.45) is 0 Å². The Morgan fingerprint density at radius 3 is 0.696 bits per heavy atom. The molecule has 0 saturated heterocycles. The van der Waals surface area contributed by atoms with Gasteiger partial charge in [0, 0.05) is 11.1 Å². The normalized spacial score (nSPS) is 10.6. The smallest absolute Gasteiger partial charge is 0.0261 e. The van der Waals surface area contributed by atoms with Gasteiger partial charge in [0.25, 0.3) is 0 Å². The summed E-state index contributed by atoms with van der Waals surface area (Å²) in [6, 6.07) is 59.6. The van der Waals surface area contributed by atoms with E-state index in [1.54, 1.807) is 0 Å². The van der Waals surface area contributed by atoms with Gasteiger partial charge < -0.3 is 0 Å². The largest absolute Gasteiger partial charge is 0.115 e. The first-order valence-corrected chi connectivity index (χ1v) is 15.4. The molecule has 0 amide bonds. The van der Waals surface area contributed by atoms with E-state index in [0.29, 0.717) is 0 Å². The minimum Gasteiger partial charge on any atom is -0.115 e. The second-order valence-corrected chi connectivity index (χ2v) is 11.2. The zero-order chi connectivity index (χ0) is 31.3. The van der Waals surface area contributed by atoms with Crippen LogP contribution in [0.2, 0.25) is 0 Å². The van der Waals surface area contributed by atoms with Crippen LogP contribution in [0.4, 0.5) is 0 Å². The first-order chi connectivity index (χ1) is 22.8. The van der Waals surface area contributed by atoms with Crippen LogP contribution in [0.15, 0.2) is 170 Å². The van der Waals surface area contributed by atoms with Crippen LogP contribution in [0.3, 0.4) is 0 Å². The molecule has 0 aromatic heterocycles. The first-order valence-electron chi connectivity index (χ1n) is 15.4. The van der Waals surface area contributed by atoms with E-state index in [9.17, 15) is 0 Å². The van der Waals surface area contributed by atoms with Gasteiger partial charge in [0.2, 0.25) is 0 Å². The quantitative estimate of drug-likeness (QED) is 0.171. The summed E-state index contributed by atoms with van der Waals surface area (Å²) in [5.41, 5.74) is 14.9. The molecule has 0 heterocycles. The van der Waals surface area contributed by atoms with Crippen LogP contribution in [0.25, 0.3) is 66.8 Å². The summed E-state index contributed by atoms with van der Waals surface area (Å²) in [6.07, 6.45) is 12.1. The summed E-state index contributed by atoms with van der Waals surface area (Å²) in [7, 11) is 0. The highest BCUT2D eigenvalue weighted by atomic mass is 14.3. The van der Waals surface area contributed by atoms with Crippen molar-refractivity contribution in [1.29, 1.82) is 0 Å². The van der Waals surface area contributed by atoms with Gasteiger partial charge in [-0.25, -0.2) is 0 Å². The Labute approximate surface area is 271 Å². The van der Waals surface area contributed by atoms with E-state index in [4.69, 9.17) is 12.8 Å². The van der Waals surface area contributed by atoms with Crippen molar-refractivity contribution in [3.63, 3.8) is 0 Å². The minimum absolute atomic E-state index is 0.748. The summed E-state index contributed by atoms with van der Waals surface area (Å²) in [6.45, 7) is 0. The second kappa shape index (κ2) is 12.7. The molecular weight excluding hydrogens is 553 g/mol. The van der Waals surface area contributed by atoms with Crippen LogP contribution < -0.4 is 0 Å². The van der Waals surface area contributed by atoms with Crippen molar-refractivity contribution in [3.05, 3.63) is 181 Å². The molecule has 0 nitrogen and oxygen atoms in total. The SMILES string of the molecule is C#Cc1cc(C#C)cc(-c2c(-c3ccccc3)c(-c3ccccc3)c(-c3ccccc3)c(-c3ccccc3)c2-c2ccccc2)c1. The summed E-state index contributed by atoms with van der Waals surface area (Å²) in [5.74, 6) is 5.73. The fraction of sp³-hybridized carbons (Fsp3) is 0. The minimum atomic E-state index is 0.748. The Kier molecular flexibility index (Phi) is 7.86. The lowest BCUT2D eigenvalue weighted by atomic mass is 9.74. The summed E-state index contributed by atoms with van der Waals surface area (Å²) in [4.78, 5) is 0. The van der Waals surface area contributed by atoms with Crippen LogP contribution in [-0.2, 0) is 0 Å². The standard InChI is InChI=1S/C46H30/c1-3-33-30-34(4-2)32-40(31-33)46-44(38-26-16-8-17-27-38)42(36-22-12-6-13-23-36)41(35-20-10-5-11-21-35)43(37-24-14-7-15-25-37)45(46)39-28-18-9-19-29-39/h1-2,5-32H. The Bertz CT molecular complexity index is 2080. The van der Waals surface area contributed by atoms with E-state index in [-0.39, 0.29) is 0 Å². The molecule has 214 valence electrons. The highest BCUT2D eigenvalue weighted by Gasteiger charge is 2.29.